The van der Waals surface area contributed by atoms with Crippen LogP contribution in [0, 0.1) is 17.3 Å². The summed E-state index contributed by atoms with van der Waals surface area (Å²) >= 11 is 0. The molecule has 122 valence electrons. The molecule has 0 radical (unpaired) electrons. The highest BCUT2D eigenvalue weighted by molar-refractivity contribution is 5.79. The second-order valence-corrected chi connectivity index (χ2v) is 8.56. The number of nitrogens with one attached hydrogen (secondary N) is 1. The molecule has 3 nitrogen and oxygen atoms in total. The molecule has 2 unspecified atom stereocenters. The lowest BCUT2D eigenvalue weighted by atomic mass is 9.86. The molecule has 1 aliphatic heterocycles. The van der Waals surface area contributed by atoms with E-state index in [2.05, 4.69) is 37.9 Å². The number of likely N-dealkylation sites (tertiary alicyclic amines) is 1. The summed E-state index contributed by atoms with van der Waals surface area (Å²) in [5.41, 5.74) is 0.304. The Morgan fingerprint density at radius 3 is 2.43 bits per heavy atom. The average molecular weight is 294 g/mol. The standard InChI is InChI=1S/C18H34N2O/c1-14-10-16(19-13-18(2,3)4)12-20(11-14)17(21)15-8-6-5-7-9-15/h14-16,19H,5-13H2,1-4H3. The number of amides is 1. The van der Waals surface area contributed by atoms with Crippen molar-refractivity contribution in [3.05, 3.63) is 0 Å². The maximum absolute atomic E-state index is 12.7. The van der Waals surface area contributed by atoms with Crippen LogP contribution in [0.1, 0.15) is 66.2 Å². The van der Waals surface area contributed by atoms with Gasteiger partial charge in [-0.25, -0.2) is 0 Å². The van der Waals surface area contributed by atoms with Gasteiger partial charge in [-0.2, -0.15) is 0 Å². The van der Waals surface area contributed by atoms with Crippen LogP contribution in [0.2, 0.25) is 0 Å². The Bertz CT molecular complexity index is 342. The molecule has 2 rings (SSSR count). The van der Waals surface area contributed by atoms with Crippen molar-refractivity contribution in [2.75, 3.05) is 19.6 Å². The third-order valence-corrected chi connectivity index (χ3v) is 4.85. The quantitative estimate of drug-likeness (QED) is 0.865. The van der Waals surface area contributed by atoms with Crippen molar-refractivity contribution in [1.29, 1.82) is 0 Å². The summed E-state index contributed by atoms with van der Waals surface area (Å²) in [6.07, 6.45) is 7.23. The van der Waals surface area contributed by atoms with Crippen LogP contribution >= 0.6 is 0 Å². The van der Waals surface area contributed by atoms with E-state index in [4.69, 9.17) is 0 Å². The van der Waals surface area contributed by atoms with E-state index in [1.54, 1.807) is 0 Å². The number of carbonyl (C=O) groups excluding carboxylic acids is 1. The zero-order valence-electron chi connectivity index (χ0n) is 14.5. The lowest BCUT2D eigenvalue weighted by Gasteiger charge is -2.40. The number of piperidine rings is 1. The van der Waals surface area contributed by atoms with E-state index in [1.807, 2.05) is 0 Å². The van der Waals surface area contributed by atoms with Crippen LogP contribution in [0.25, 0.3) is 0 Å². The van der Waals surface area contributed by atoms with E-state index in [0.29, 0.717) is 29.2 Å². The molecule has 0 aromatic heterocycles. The third-order valence-electron chi connectivity index (χ3n) is 4.85. The van der Waals surface area contributed by atoms with Gasteiger partial charge in [0.25, 0.3) is 0 Å². The van der Waals surface area contributed by atoms with Gasteiger partial charge in [-0.1, -0.05) is 47.0 Å². The summed E-state index contributed by atoms with van der Waals surface area (Å²) in [4.78, 5) is 14.9. The highest BCUT2D eigenvalue weighted by atomic mass is 16.2. The van der Waals surface area contributed by atoms with Crippen LogP contribution in [0.3, 0.4) is 0 Å². The fraction of sp³-hybridized carbons (Fsp3) is 0.944. The van der Waals surface area contributed by atoms with Gasteiger partial charge in [-0.3, -0.25) is 4.79 Å². The average Bonchev–Trinajstić information content (AvgIpc) is 2.44. The van der Waals surface area contributed by atoms with Gasteiger partial charge in [0.05, 0.1) is 0 Å². The summed E-state index contributed by atoms with van der Waals surface area (Å²) in [6.45, 7) is 12.0. The Hall–Kier alpha value is -0.570. The van der Waals surface area contributed by atoms with Crippen LogP contribution in [0.15, 0.2) is 0 Å². The Morgan fingerprint density at radius 2 is 1.81 bits per heavy atom. The third kappa shape index (κ3) is 5.28. The Morgan fingerprint density at radius 1 is 1.14 bits per heavy atom. The molecule has 1 aliphatic carbocycles. The molecular weight excluding hydrogens is 260 g/mol. The lowest BCUT2D eigenvalue weighted by Crippen LogP contribution is -2.53. The first-order valence-electron chi connectivity index (χ1n) is 8.87. The number of nitrogens with zero attached hydrogens (tertiary/aromatic N) is 1. The largest absolute Gasteiger partial charge is 0.341 e. The zero-order valence-corrected chi connectivity index (χ0v) is 14.5. The molecule has 1 N–H and O–H groups in total. The molecule has 3 heteroatoms. The Labute approximate surface area is 130 Å². The van der Waals surface area contributed by atoms with Gasteiger partial charge in [-0.15, -0.1) is 0 Å². The van der Waals surface area contributed by atoms with Crippen LogP contribution in [0.5, 0.6) is 0 Å². The zero-order chi connectivity index (χ0) is 15.5. The maximum Gasteiger partial charge on any atom is 0.225 e. The van der Waals surface area contributed by atoms with Crippen molar-refractivity contribution in [2.45, 2.75) is 72.3 Å². The molecule has 21 heavy (non-hydrogen) atoms. The molecule has 0 bridgehead atoms. The number of hydrogen-bond acceptors (Lipinski definition) is 2. The van der Waals surface area contributed by atoms with Crippen molar-refractivity contribution in [2.24, 2.45) is 17.3 Å². The summed E-state index contributed by atoms with van der Waals surface area (Å²) in [5.74, 6) is 1.36. The molecule has 2 atom stereocenters. The topological polar surface area (TPSA) is 32.3 Å². The SMILES string of the molecule is CC1CC(NCC(C)(C)C)CN(C(=O)C2CCCCC2)C1. The van der Waals surface area contributed by atoms with Gasteiger partial charge in [-0.05, 0) is 30.6 Å². The van der Waals surface area contributed by atoms with Gasteiger partial charge in [0.2, 0.25) is 5.91 Å². The predicted molar refractivity (Wildman–Crippen MR) is 88.2 cm³/mol. The van der Waals surface area contributed by atoms with E-state index in [9.17, 15) is 4.79 Å². The highest BCUT2D eigenvalue weighted by Gasteiger charge is 2.32. The van der Waals surface area contributed by atoms with E-state index in [-0.39, 0.29) is 0 Å². The van der Waals surface area contributed by atoms with Gasteiger partial charge in [0.1, 0.15) is 0 Å². The smallest absolute Gasteiger partial charge is 0.225 e. The van der Waals surface area contributed by atoms with Gasteiger partial charge in [0.15, 0.2) is 0 Å². The van der Waals surface area contributed by atoms with Crippen molar-refractivity contribution >= 4 is 5.91 Å². The second kappa shape index (κ2) is 7.13. The minimum atomic E-state index is 0.304. The highest BCUT2D eigenvalue weighted by Crippen LogP contribution is 2.27. The van der Waals surface area contributed by atoms with Crippen molar-refractivity contribution in [3.63, 3.8) is 0 Å². The van der Waals surface area contributed by atoms with E-state index >= 15 is 0 Å². The molecule has 1 amide bonds. The molecule has 2 aliphatic rings. The second-order valence-electron chi connectivity index (χ2n) is 8.56. The molecular formula is C18H34N2O. The van der Waals surface area contributed by atoms with Crippen LogP contribution < -0.4 is 5.32 Å². The summed E-state index contributed by atoms with van der Waals surface area (Å²) in [7, 11) is 0. The number of hydrogen-bond donors (Lipinski definition) is 1. The summed E-state index contributed by atoms with van der Waals surface area (Å²) in [5, 5.41) is 3.69. The van der Waals surface area contributed by atoms with E-state index in [1.165, 1.54) is 25.7 Å². The summed E-state index contributed by atoms with van der Waals surface area (Å²) in [6, 6.07) is 0.473. The molecule has 1 saturated heterocycles. The Kier molecular flexibility index (Phi) is 5.70. The first-order chi connectivity index (χ1) is 9.85. The van der Waals surface area contributed by atoms with Crippen molar-refractivity contribution in [1.82, 2.24) is 10.2 Å². The van der Waals surface area contributed by atoms with Crippen LogP contribution in [-0.4, -0.2) is 36.5 Å². The van der Waals surface area contributed by atoms with Crippen molar-refractivity contribution < 1.29 is 4.79 Å². The van der Waals surface area contributed by atoms with Gasteiger partial charge >= 0.3 is 0 Å². The maximum atomic E-state index is 12.7. The van der Waals surface area contributed by atoms with E-state index in [0.717, 1.165) is 32.5 Å². The van der Waals surface area contributed by atoms with Crippen molar-refractivity contribution in [3.8, 4) is 0 Å². The molecule has 0 spiro atoms. The normalized spacial score (nSPS) is 28.7. The van der Waals surface area contributed by atoms with Gasteiger partial charge in [0, 0.05) is 31.6 Å². The molecule has 1 saturated carbocycles. The molecule has 0 aromatic carbocycles. The Balaban J connectivity index is 1.88. The first-order valence-corrected chi connectivity index (χ1v) is 8.87. The fourth-order valence-electron chi connectivity index (χ4n) is 3.74. The minimum Gasteiger partial charge on any atom is -0.341 e. The number of carbonyl (C=O) groups is 1. The molecule has 2 fully saturated rings. The van der Waals surface area contributed by atoms with Crippen LogP contribution in [0.4, 0.5) is 0 Å². The molecule has 1 heterocycles. The monoisotopic (exact) mass is 294 g/mol. The van der Waals surface area contributed by atoms with E-state index < -0.39 is 0 Å². The molecule has 0 aromatic rings. The predicted octanol–water partition coefficient (Wildman–Crippen LogP) is 3.44. The minimum absolute atomic E-state index is 0.304. The summed E-state index contributed by atoms with van der Waals surface area (Å²) < 4.78 is 0. The van der Waals surface area contributed by atoms with Gasteiger partial charge < -0.3 is 10.2 Å². The lowest BCUT2D eigenvalue weighted by molar-refractivity contribution is -0.138. The van der Waals surface area contributed by atoms with Crippen LogP contribution in [-0.2, 0) is 4.79 Å². The first kappa shape index (κ1) is 16.8. The fourth-order valence-corrected chi connectivity index (χ4v) is 3.74. The number of rotatable bonds is 3.